The average Bonchev–Trinajstić information content (AvgIpc) is 3.29. The third-order valence-electron chi connectivity index (χ3n) is 4.08. The Bertz CT molecular complexity index is 571. The Morgan fingerprint density at radius 2 is 1.94 bits per heavy atom. The van der Waals surface area contributed by atoms with E-state index in [-0.39, 0.29) is 11.1 Å². The van der Waals surface area contributed by atoms with Gasteiger partial charge in [-0.2, -0.15) is 5.10 Å². The number of benzene rings is 1. The standard InChI is InChI=1S/C13H12ClN3O/c14-11-3-1-10(2-4-11)13(7-18-13)12(5-6-12)17-9-15-8-16-17/h1-4,8-9H,5-7H2. The van der Waals surface area contributed by atoms with Crippen molar-refractivity contribution in [2.24, 2.45) is 0 Å². The van der Waals surface area contributed by atoms with Crippen molar-refractivity contribution in [3.05, 3.63) is 47.5 Å². The maximum absolute atomic E-state index is 5.94. The van der Waals surface area contributed by atoms with Crippen molar-refractivity contribution < 1.29 is 4.74 Å². The molecular formula is C13H12ClN3O. The number of epoxide rings is 1. The quantitative estimate of drug-likeness (QED) is 0.797. The van der Waals surface area contributed by atoms with Gasteiger partial charge in [0.05, 0.1) is 6.61 Å². The van der Waals surface area contributed by atoms with Crippen LogP contribution in [0.25, 0.3) is 0 Å². The summed E-state index contributed by atoms with van der Waals surface area (Å²) in [7, 11) is 0. The van der Waals surface area contributed by atoms with Gasteiger partial charge in [0.25, 0.3) is 0 Å². The first-order valence-electron chi connectivity index (χ1n) is 6.02. The summed E-state index contributed by atoms with van der Waals surface area (Å²) in [6, 6.07) is 7.92. The summed E-state index contributed by atoms with van der Waals surface area (Å²) in [4.78, 5) is 4.05. The smallest absolute Gasteiger partial charge is 0.142 e. The Morgan fingerprint density at radius 1 is 1.22 bits per heavy atom. The minimum atomic E-state index is -0.231. The molecular weight excluding hydrogens is 250 g/mol. The number of rotatable bonds is 3. The van der Waals surface area contributed by atoms with E-state index in [4.69, 9.17) is 16.3 Å². The predicted molar refractivity (Wildman–Crippen MR) is 66.3 cm³/mol. The summed E-state index contributed by atoms with van der Waals surface area (Å²) in [5.41, 5.74) is 0.905. The fourth-order valence-electron chi connectivity index (χ4n) is 2.86. The van der Waals surface area contributed by atoms with Crippen molar-refractivity contribution >= 4 is 11.6 Å². The third-order valence-corrected chi connectivity index (χ3v) is 4.33. The van der Waals surface area contributed by atoms with E-state index in [1.165, 1.54) is 5.56 Å². The van der Waals surface area contributed by atoms with Gasteiger partial charge in [0.2, 0.25) is 0 Å². The molecule has 1 atom stereocenters. The van der Waals surface area contributed by atoms with Crippen LogP contribution in [-0.2, 0) is 15.9 Å². The van der Waals surface area contributed by atoms with Crippen LogP contribution in [-0.4, -0.2) is 21.4 Å². The lowest BCUT2D eigenvalue weighted by Gasteiger charge is -2.24. The number of halogens is 1. The van der Waals surface area contributed by atoms with Gasteiger partial charge in [-0.05, 0) is 30.5 Å². The van der Waals surface area contributed by atoms with Gasteiger partial charge in [0.15, 0.2) is 0 Å². The maximum Gasteiger partial charge on any atom is 0.142 e. The SMILES string of the molecule is Clc1ccc(C2(C3(n4cncn4)CC3)CO2)cc1. The Labute approximate surface area is 110 Å². The molecule has 0 spiro atoms. The first kappa shape index (κ1) is 10.5. The molecule has 1 aromatic heterocycles. The first-order chi connectivity index (χ1) is 8.77. The molecule has 0 radical (unpaired) electrons. The average molecular weight is 262 g/mol. The fraction of sp³-hybridized carbons (Fsp3) is 0.385. The highest BCUT2D eigenvalue weighted by Gasteiger charge is 2.70. The van der Waals surface area contributed by atoms with Crippen molar-refractivity contribution in [1.82, 2.24) is 14.8 Å². The second kappa shape index (κ2) is 3.33. The number of hydrogen-bond acceptors (Lipinski definition) is 3. The molecule has 1 saturated carbocycles. The minimum Gasteiger partial charge on any atom is -0.362 e. The summed E-state index contributed by atoms with van der Waals surface area (Å²) >= 11 is 5.94. The van der Waals surface area contributed by atoms with E-state index in [1.54, 1.807) is 12.7 Å². The Hall–Kier alpha value is -1.39. The number of nitrogens with zero attached hydrogens (tertiary/aromatic N) is 3. The van der Waals surface area contributed by atoms with Crippen LogP contribution < -0.4 is 0 Å². The van der Waals surface area contributed by atoms with E-state index < -0.39 is 0 Å². The molecule has 92 valence electrons. The van der Waals surface area contributed by atoms with Gasteiger partial charge in [-0.3, -0.25) is 0 Å². The lowest BCUT2D eigenvalue weighted by Crippen LogP contribution is -2.34. The molecule has 1 saturated heterocycles. The monoisotopic (exact) mass is 261 g/mol. The molecule has 0 bridgehead atoms. The van der Waals surface area contributed by atoms with Crippen LogP contribution in [0.2, 0.25) is 5.02 Å². The van der Waals surface area contributed by atoms with Gasteiger partial charge in [-0.15, -0.1) is 0 Å². The first-order valence-corrected chi connectivity index (χ1v) is 6.40. The third kappa shape index (κ3) is 1.25. The summed E-state index contributed by atoms with van der Waals surface area (Å²) in [5.74, 6) is 0. The second-order valence-corrected chi connectivity index (χ2v) is 5.43. The number of hydrogen-bond donors (Lipinski definition) is 0. The molecule has 1 unspecified atom stereocenters. The van der Waals surface area contributed by atoms with E-state index in [1.807, 2.05) is 28.9 Å². The molecule has 2 heterocycles. The van der Waals surface area contributed by atoms with Gasteiger partial charge in [-0.25, -0.2) is 9.67 Å². The molecule has 2 aliphatic rings. The molecule has 4 rings (SSSR count). The van der Waals surface area contributed by atoms with Crippen LogP contribution in [0, 0.1) is 0 Å². The van der Waals surface area contributed by atoms with Crippen molar-refractivity contribution in [2.45, 2.75) is 24.0 Å². The topological polar surface area (TPSA) is 43.2 Å². The van der Waals surface area contributed by atoms with Crippen molar-refractivity contribution in [3.63, 3.8) is 0 Å². The summed E-state index contributed by atoms with van der Waals surface area (Å²) < 4.78 is 7.79. The van der Waals surface area contributed by atoms with E-state index in [9.17, 15) is 0 Å². The van der Waals surface area contributed by atoms with Crippen molar-refractivity contribution in [2.75, 3.05) is 6.61 Å². The van der Waals surface area contributed by atoms with E-state index in [0.717, 1.165) is 24.5 Å². The largest absolute Gasteiger partial charge is 0.362 e. The van der Waals surface area contributed by atoms with Crippen LogP contribution in [0.15, 0.2) is 36.9 Å². The number of ether oxygens (including phenoxy) is 1. The Kier molecular flexibility index (Phi) is 1.95. The predicted octanol–water partition coefficient (Wildman–Crippen LogP) is 2.35. The van der Waals surface area contributed by atoms with Gasteiger partial charge in [0, 0.05) is 5.02 Å². The van der Waals surface area contributed by atoms with Crippen molar-refractivity contribution in [3.8, 4) is 0 Å². The van der Waals surface area contributed by atoms with Gasteiger partial charge >= 0.3 is 0 Å². The molecule has 2 aromatic rings. The van der Waals surface area contributed by atoms with Gasteiger partial charge < -0.3 is 4.74 Å². The van der Waals surface area contributed by atoms with Gasteiger partial charge in [0.1, 0.15) is 23.8 Å². The zero-order valence-corrected chi connectivity index (χ0v) is 10.5. The summed E-state index contributed by atoms with van der Waals surface area (Å²) in [6.45, 7) is 0.745. The summed E-state index contributed by atoms with van der Waals surface area (Å²) in [6.07, 6.45) is 5.53. The van der Waals surface area contributed by atoms with E-state index in [0.29, 0.717) is 0 Å². The zero-order valence-electron chi connectivity index (χ0n) is 9.71. The van der Waals surface area contributed by atoms with Crippen LogP contribution in [0.4, 0.5) is 0 Å². The lowest BCUT2D eigenvalue weighted by molar-refractivity contribution is 0.187. The Balaban J connectivity index is 1.78. The second-order valence-electron chi connectivity index (χ2n) is 4.99. The molecule has 18 heavy (non-hydrogen) atoms. The number of aromatic nitrogens is 3. The molecule has 4 nitrogen and oxygen atoms in total. The highest BCUT2D eigenvalue weighted by Crippen LogP contribution is 2.63. The Morgan fingerprint density at radius 3 is 2.44 bits per heavy atom. The van der Waals surface area contributed by atoms with Crippen LogP contribution in [0.1, 0.15) is 18.4 Å². The molecule has 2 fully saturated rings. The minimum absolute atomic E-state index is 0.0443. The van der Waals surface area contributed by atoms with Crippen molar-refractivity contribution in [1.29, 1.82) is 0 Å². The van der Waals surface area contributed by atoms with Gasteiger partial charge in [-0.1, -0.05) is 23.7 Å². The zero-order chi connectivity index (χ0) is 12.2. The summed E-state index contributed by atoms with van der Waals surface area (Å²) in [5, 5.41) is 5.05. The molecule has 0 N–H and O–H groups in total. The lowest BCUT2D eigenvalue weighted by atomic mass is 9.90. The van der Waals surface area contributed by atoms with E-state index >= 15 is 0 Å². The fourth-order valence-corrected chi connectivity index (χ4v) is 2.99. The molecule has 1 aliphatic heterocycles. The highest BCUT2D eigenvalue weighted by atomic mass is 35.5. The normalized spacial score (nSPS) is 28.1. The van der Waals surface area contributed by atoms with Crippen LogP contribution >= 0.6 is 11.6 Å². The highest BCUT2D eigenvalue weighted by molar-refractivity contribution is 6.30. The molecule has 0 amide bonds. The molecule has 1 aromatic carbocycles. The maximum atomic E-state index is 5.94. The molecule has 5 heteroatoms. The van der Waals surface area contributed by atoms with Crippen LogP contribution in [0.5, 0.6) is 0 Å². The van der Waals surface area contributed by atoms with E-state index in [2.05, 4.69) is 10.1 Å². The van der Waals surface area contributed by atoms with Crippen LogP contribution in [0.3, 0.4) is 0 Å². The molecule has 1 aliphatic carbocycles.